The SMILES string of the molecule is CCc1ccc(CCCC(=O)N2CCCC23CCCN(C2CC2)C3=O)cc1. The van der Waals surface area contributed by atoms with Gasteiger partial charge in [0.2, 0.25) is 11.8 Å². The van der Waals surface area contributed by atoms with Crippen LogP contribution in [-0.4, -0.2) is 46.3 Å². The van der Waals surface area contributed by atoms with Gasteiger partial charge in [-0.05, 0) is 68.9 Å². The third-order valence-electron chi connectivity index (χ3n) is 6.71. The summed E-state index contributed by atoms with van der Waals surface area (Å²) in [5, 5.41) is 0. The van der Waals surface area contributed by atoms with Gasteiger partial charge in [0.25, 0.3) is 0 Å². The zero-order valence-corrected chi connectivity index (χ0v) is 16.6. The number of likely N-dealkylation sites (tertiary alicyclic amines) is 2. The van der Waals surface area contributed by atoms with E-state index in [1.165, 1.54) is 11.1 Å². The summed E-state index contributed by atoms with van der Waals surface area (Å²) in [7, 11) is 0. The first-order valence-electron chi connectivity index (χ1n) is 10.8. The van der Waals surface area contributed by atoms with Crippen molar-refractivity contribution in [1.29, 1.82) is 0 Å². The average Bonchev–Trinajstić information content (AvgIpc) is 3.44. The Morgan fingerprint density at radius 3 is 2.41 bits per heavy atom. The molecule has 1 spiro atoms. The monoisotopic (exact) mass is 368 g/mol. The predicted octanol–water partition coefficient (Wildman–Crippen LogP) is 3.72. The Kier molecular flexibility index (Phi) is 5.25. The van der Waals surface area contributed by atoms with Crippen molar-refractivity contribution in [2.24, 2.45) is 0 Å². The molecule has 4 rings (SSSR count). The van der Waals surface area contributed by atoms with E-state index in [0.717, 1.165) is 70.9 Å². The molecule has 0 radical (unpaired) electrons. The lowest BCUT2D eigenvalue weighted by Gasteiger charge is -2.44. The maximum Gasteiger partial charge on any atom is 0.248 e. The minimum absolute atomic E-state index is 0.184. The molecule has 1 aromatic rings. The van der Waals surface area contributed by atoms with Gasteiger partial charge >= 0.3 is 0 Å². The quantitative estimate of drug-likeness (QED) is 0.768. The fraction of sp³-hybridized carbons (Fsp3) is 0.652. The number of hydrogen-bond donors (Lipinski definition) is 0. The summed E-state index contributed by atoms with van der Waals surface area (Å²) < 4.78 is 0. The number of nitrogens with zero attached hydrogens (tertiary/aromatic N) is 2. The van der Waals surface area contributed by atoms with Crippen LogP contribution in [0.1, 0.15) is 69.4 Å². The van der Waals surface area contributed by atoms with Gasteiger partial charge in [-0.15, -0.1) is 0 Å². The van der Waals surface area contributed by atoms with Crippen LogP contribution in [0.2, 0.25) is 0 Å². The molecule has 1 aliphatic carbocycles. The number of carbonyl (C=O) groups excluding carboxylic acids is 2. The van der Waals surface area contributed by atoms with E-state index in [0.29, 0.717) is 12.5 Å². The number of carbonyl (C=O) groups is 2. The maximum absolute atomic E-state index is 13.2. The van der Waals surface area contributed by atoms with Crippen LogP contribution < -0.4 is 0 Å². The van der Waals surface area contributed by atoms with Crippen LogP contribution in [0, 0.1) is 0 Å². The largest absolute Gasteiger partial charge is 0.338 e. The lowest BCUT2D eigenvalue weighted by atomic mass is 9.85. The zero-order chi connectivity index (χ0) is 18.9. The zero-order valence-electron chi connectivity index (χ0n) is 16.6. The Balaban J connectivity index is 1.36. The summed E-state index contributed by atoms with van der Waals surface area (Å²) in [6, 6.07) is 9.18. The van der Waals surface area contributed by atoms with Crippen molar-refractivity contribution in [2.45, 2.75) is 82.7 Å². The summed E-state index contributed by atoms with van der Waals surface area (Å²) in [5.41, 5.74) is 2.13. The van der Waals surface area contributed by atoms with E-state index in [2.05, 4.69) is 36.1 Å². The normalized spacial score (nSPS) is 25.4. The van der Waals surface area contributed by atoms with Crippen molar-refractivity contribution < 1.29 is 9.59 Å². The molecule has 2 aliphatic heterocycles. The Morgan fingerprint density at radius 1 is 1.07 bits per heavy atom. The number of rotatable bonds is 6. The molecule has 2 heterocycles. The molecule has 1 unspecified atom stereocenters. The summed E-state index contributed by atoms with van der Waals surface area (Å²) >= 11 is 0. The molecule has 4 nitrogen and oxygen atoms in total. The molecule has 3 fully saturated rings. The van der Waals surface area contributed by atoms with Gasteiger partial charge in [-0.1, -0.05) is 31.2 Å². The minimum atomic E-state index is -0.513. The van der Waals surface area contributed by atoms with E-state index in [4.69, 9.17) is 0 Å². The summed E-state index contributed by atoms with van der Waals surface area (Å²) in [6.07, 6.45) is 9.41. The topological polar surface area (TPSA) is 40.6 Å². The van der Waals surface area contributed by atoms with E-state index in [1.54, 1.807) is 0 Å². The molecule has 0 bridgehead atoms. The molecule has 3 aliphatic rings. The number of amides is 2. The second-order valence-electron chi connectivity index (χ2n) is 8.54. The third kappa shape index (κ3) is 3.63. The number of aryl methyl sites for hydroxylation is 2. The van der Waals surface area contributed by atoms with Crippen LogP contribution in [0.15, 0.2) is 24.3 Å². The van der Waals surface area contributed by atoms with Gasteiger partial charge < -0.3 is 9.80 Å². The highest BCUT2D eigenvalue weighted by Crippen LogP contribution is 2.42. The lowest BCUT2D eigenvalue weighted by molar-refractivity contribution is -0.155. The van der Waals surface area contributed by atoms with Crippen molar-refractivity contribution in [3.05, 3.63) is 35.4 Å². The first-order valence-corrected chi connectivity index (χ1v) is 10.8. The van der Waals surface area contributed by atoms with Gasteiger partial charge in [0, 0.05) is 25.6 Å². The predicted molar refractivity (Wildman–Crippen MR) is 106 cm³/mol. The first-order chi connectivity index (χ1) is 13.1. The van der Waals surface area contributed by atoms with E-state index < -0.39 is 5.54 Å². The Hall–Kier alpha value is -1.84. The van der Waals surface area contributed by atoms with Crippen LogP contribution >= 0.6 is 0 Å². The van der Waals surface area contributed by atoms with Gasteiger partial charge in [0.05, 0.1) is 0 Å². The molecule has 1 aromatic carbocycles. The summed E-state index contributed by atoms with van der Waals surface area (Å²) in [5.74, 6) is 0.431. The van der Waals surface area contributed by atoms with Crippen molar-refractivity contribution in [3.63, 3.8) is 0 Å². The molecule has 0 N–H and O–H groups in total. The fourth-order valence-corrected chi connectivity index (χ4v) is 5.00. The van der Waals surface area contributed by atoms with Gasteiger partial charge in [-0.3, -0.25) is 9.59 Å². The van der Waals surface area contributed by atoms with Crippen LogP contribution in [0.3, 0.4) is 0 Å². The first kappa shape index (κ1) is 18.5. The van der Waals surface area contributed by atoms with E-state index in [1.807, 2.05) is 4.90 Å². The van der Waals surface area contributed by atoms with Gasteiger partial charge in [0.1, 0.15) is 5.54 Å². The van der Waals surface area contributed by atoms with E-state index in [-0.39, 0.29) is 11.8 Å². The van der Waals surface area contributed by atoms with Crippen LogP contribution in [-0.2, 0) is 22.4 Å². The van der Waals surface area contributed by atoms with E-state index >= 15 is 0 Å². The highest BCUT2D eigenvalue weighted by Gasteiger charge is 2.54. The average molecular weight is 369 g/mol. The molecule has 4 heteroatoms. The van der Waals surface area contributed by atoms with Crippen LogP contribution in [0.5, 0.6) is 0 Å². The molecule has 27 heavy (non-hydrogen) atoms. The molecule has 1 saturated carbocycles. The van der Waals surface area contributed by atoms with Crippen LogP contribution in [0.4, 0.5) is 0 Å². The molecule has 1 atom stereocenters. The Labute approximate surface area is 162 Å². The maximum atomic E-state index is 13.2. The van der Waals surface area contributed by atoms with Gasteiger partial charge in [-0.2, -0.15) is 0 Å². The smallest absolute Gasteiger partial charge is 0.248 e. The van der Waals surface area contributed by atoms with E-state index in [9.17, 15) is 9.59 Å². The molecule has 2 amide bonds. The summed E-state index contributed by atoms with van der Waals surface area (Å²) in [4.78, 5) is 30.3. The molecular weight excluding hydrogens is 336 g/mol. The van der Waals surface area contributed by atoms with Gasteiger partial charge in [-0.25, -0.2) is 0 Å². The molecule has 146 valence electrons. The summed E-state index contributed by atoms with van der Waals surface area (Å²) in [6.45, 7) is 3.81. The standard InChI is InChI=1S/C23H32N2O2/c1-2-18-8-10-19(11-9-18)6-3-7-21(26)25-17-5-15-23(25)14-4-16-24(22(23)27)20-12-13-20/h8-11,20H,2-7,12-17H2,1H3. The highest BCUT2D eigenvalue weighted by molar-refractivity contribution is 5.93. The number of piperidine rings is 1. The Bertz CT molecular complexity index is 695. The second-order valence-corrected chi connectivity index (χ2v) is 8.54. The molecule has 2 saturated heterocycles. The van der Waals surface area contributed by atoms with Crippen molar-refractivity contribution in [2.75, 3.05) is 13.1 Å². The highest BCUT2D eigenvalue weighted by atomic mass is 16.2. The number of hydrogen-bond acceptors (Lipinski definition) is 2. The van der Waals surface area contributed by atoms with Crippen molar-refractivity contribution >= 4 is 11.8 Å². The van der Waals surface area contributed by atoms with Gasteiger partial charge in [0.15, 0.2) is 0 Å². The van der Waals surface area contributed by atoms with Crippen LogP contribution in [0.25, 0.3) is 0 Å². The fourth-order valence-electron chi connectivity index (χ4n) is 5.00. The molecular formula is C23H32N2O2. The minimum Gasteiger partial charge on any atom is -0.338 e. The third-order valence-corrected chi connectivity index (χ3v) is 6.71. The lowest BCUT2D eigenvalue weighted by Crippen LogP contribution is -2.61. The Morgan fingerprint density at radius 2 is 1.74 bits per heavy atom. The molecule has 0 aromatic heterocycles. The van der Waals surface area contributed by atoms with Crippen molar-refractivity contribution in [1.82, 2.24) is 9.80 Å². The van der Waals surface area contributed by atoms with Crippen molar-refractivity contribution in [3.8, 4) is 0 Å². The number of benzene rings is 1. The second kappa shape index (κ2) is 7.65.